The average Bonchev–Trinajstić information content (AvgIpc) is 3.43. The van der Waals surface area contributed by atoms with Crippen molar-refractivity contribution in [2.75, 3.05) is 7.11 Å². The van der Waals surface area contributed by atoms with Crippen LogP contribution in [-0.4, -0.2) is 69.9 Å². The van der Waals surface area contributed by atoms with Crippen LogP contribution in [0.25, 0.3) is 10.8 Å². The number of hydrogen-bond acceptors (Lipinski definition) is 8. The molecule has 2 unspecified atom stereocenters. The van der Waals surface area contributed by atoms with E-state index in [1.165, 1.54) is 19.6 Å². The largest absolute Gasteiger partial charge is 0.461 e. The minimum atomic E-state index is -1.61. The van der Waals surface area contributed by atoms with Crippen molar-refractivity contribution in [2.45, 2.75) is 78.2 Å². The zero-order valence-electron chi connectivity index (χ0n) is 25.6. The summed E-state index contributed by atoms with van der Waals surface area (Å²) in [4.78, 5) is 56.0. The topological polar surface area (TPSA) is 149 Å². The Balaban J connectivity index is 1.86. The molecule has 3 N–H and O–H groups in total. The Hall–Kier alpha value is -4.25. The second-order valence-electron chi connectivity index (χ2n) is 11.4. The minimum absolute atomic E-state index is 0.0151. The number of imidazole rings is 1. The zero-order valence-corrected chi connectivity index (χ0v) is 25.6. The number of hydrogen-bond donors (Lipinski definition) is 3. The summed E-state index contributed by atoms with van der Waals surface area (Å²) in [6.07, 6.45) is 0.497. The molecule has 2 aromatic carbocycles. The molecule has 0 saturated heterocycles. The summed E-state index contributed by atoms with van der Waals surface area (Å²) in [6, 6.07) is 11.7. The van der Waals surface area contributed by atoms with Crippen LogP contribution >= 0.6 is 0 Å². The van der Waals surface area contributed by atoms with E-state index in [1.54, 1.807) is 20.8 Å². The highest BCUT2D eigenvalue weighted by Gasteiger charge is 2.33. The third-order valence-electron chi connectivity index (χ3n) is 7.01. The number of nitrogens with zero attached hydrogens (tertiary/aromatic N) is 2. The smallest absolute Gasteiger partial charge is 0.419 e. The van der Waals surface area contributed by atoms with Gasteiger partial charge in [-0.15, -0.1) is 0 Å². The van der Waals surface area contributed by atoms with E-state index in [2.05, 4.69) is 15.6 Å². The Morgan fingerprint density at radius 2 is 1.63 bits per heavy atom. The monoisotopic (exact) mass is 594 g/mol. The van der Waals surface area contributed by atoms with Gasteiger partial charge in [0.25, 0.3) is 0 Å². The maximum absolute atomic E-state index is 13.7. The van der Waals surface area contributed by atoms with E-state index >= 15 is 0 Å². The molecule has 232 valence electrons. The number of nitrogens with one attached hydrogen (secondary N) is 2. The van der Waals surface area contributed by atoms with Gasteiger partial charge < -0.3 is 25.2 Å². The zero-order chi connectivity index (χ0) is 31.7. The molecule has 0 aliphatic rings. The van der Waals surface area contributed by atoms with Crippen molar-refractivity contribution in [2.24, 2.45) is 11.8 Å². The Morgan fingerprint density at radius 3 is 2.30 bits per heavy atom. The van der Waals surface area contributed by atoms with E-state index in [4.69, 9.17) is 9.47 Å². The van der Waals surface area contributed by atoms with Crippen LogP contribution in [0.15, 0.2) is 55.0 Å². The molecule has 4 atom stereocenters. The molecule has 0 aliphatic heterocycles. The molecular weight excluding hydrogens is 552 g/mol. The SMILES string of the molecule is COC(=O)n1cncc1C[C@H](NC(=O)C(C)Cc1cccc2ccccc12)C(=O)N[C@@H](CC(C)C)C(O)C(=O)OC(C)C. The molecule has 11 nitrogen and oxygen atoms in total. The summed E-state index contributed by atoms with van der Waals surface area (Å²) in [7, 11) is 1.22. The normalized spacial score (nSPS) is 14.2. The first-order chi connectivity index (χ1) is 20.4. The number of rotatable bonds is 13. The number of aliphatic hydroxyl groups is 1. The molecule has 11 heteroatoms. The first-order valence-electron chi connectivity index (χ1n) is 14.5. The first-order valence-corrected chi connectivity index (χ1v) is 14.5. The number of carbonyl (C=O) groups is 4. The summed E-state index contributed by atoms with van der Waals surface area (Å²) >= 11 is 0. The Morgan fingerprint density at radius 1 is 0.930 bits per heavy atom. The van der Waals surface area contributed by atoms with E-state index in [-0.39, 0.29) is 24.7 Å². The lowest BCUT2D eigenvalue weighted by Crippen LogP contribution is -2.56. The summed E-state index contributed by atoms with van der Waals surface area (Å²) in [5.74, 6) is -2.36. The van der Waals surface area contributed by atoms with Gasteiger partial charge in [0.1, 0.15) is 12.4 Å². The summed E-state index contributed by atoms with van der Waals surface area (Å²) in [5.41, 5.74) is 1.32. The number of ether oxygens (including phenoxy) is 2. The molecule has 3 rings (SSSR count). The van der Waals surface area contributed by atoms with Gasteiger partial charge in [0.2, 0.25) is 11.8 Å². The number of carbonyl (C=O) groups excluding carboxylic acids is 4. The van der Waals surface area contributed by atoms with E-state index in [0.717, 1.165) is 20.9 Å². The van der Waals surface area contributed by atoms with Crippen LogP contribution in [0.2, 0.25) is 0 Å². The Kier molecular flexibility index (Phi) is 11.8. The van der Waals surface area contributed by atoms with E-state index in [9.17, 15) is 24.3 Å². The number of aliphatic hydroxyl groups excluding tert-OH is 1. The number of amides is 2. The number of benzene rings is 2. The van der Waals surface area contributed by atoms with Gasteiger partial charge in [0.05, 0.1) is 24.9 Å². The molecule has 2 amide bonds. The van der Waals surface area contributed by atoms with Crippen LogP contribution in [0.4, 0.5) is 4.79 Å². The minimum Gasteiger partial charge on any atom is -0.461 e. The number of methoxy groups -OCH3 is 1. The quantitative estimate of drug-likeness (QED) is 0.255. The molecule has 3 aromatic rings. The van der Waals surface area contributed by atoms with Crippen molar-refractivity contribution in [3.8, 4) is 0 Å². The first kappa shape index (κ1) is 33.3. The van der Waals surface area contributed by atoms with Crippen LogP contribution in [0, 0.1) is 11.8 Å². The Labute approximate surface area is 252 Å². The Bertz CT molecular complexity index is 1410. The van der Waals surface area contributed by atoms with Gasteiger partial charge in [-0.25, -0.2) is 19.1 Å². The fraction of sp³-hybridized carbons (Fsp3) is 0.469. The van der Waals surface area contributed by atoms with Crippen molar-refractivity contribution in [3.05, 3.63) is 66.2 Å². The lowest BCUT2D eigenvalue weighted by atomic mass is 9.95. The van der Waals surface area contributed by atoms with Gasteiger partial charge in [-0.2, -0.15) is 0 Å². The number of esters is 1. The third-order valence-corrected chi connectivity index (χ3v) is 7.01. The van der Waals surface area contributed by atoms with Crippen LogP contribution in [0.5, 0.6) is 0 Å². The molecule has 0 bridgehead atoms. The molecule has 0 saturated carbocycles. The maximum atomic E-state index is 13.7. The summed E-state index contributed by atoms with van der Waals surface area (Å²) in [6.45, 7) is 8.88. The molecule has 1 heterocycles. The van der Waals surface area contributed by atoms with Gasteiger partial charge >= 0.3 is 12.1 Å². The second-order valence-corrected chi connectivity index (χ2v) is 11.4. The van der Waals surface area contributed by atoms with Crippen LogP contribution in [0.1, 0.15) is 52.3 Å². The van der Waals surface area contributed by atoms with Gasteiger partial charge in [-0.05, 0) is 48.9 Å². The molecule has 0 spiro atoms. The number of aromatic nitrogens is 2. The highest BCUT2D eigenvalue weighted by atomic mass is 16.6. The lowest BCUT2D eigenvalue weighted by molar-refractivity contribution is -0.159. The van der Waals surface area contributed by atoms with Crippen molar-refractivity contribution in [1.29, 1.82) is 0 Å². The highest BCUT2D eigenvalue weighted by molar-refractivity contribution is 5.90. The van der Waals surface area contributed by atoms with Crippen LogP contribution in [-0.2, 0) is 36.7 Å². The maximum Gasteiger partial charge on any atom is 0.419 e. The molecule has 1 aromatic heterocycles. The van der Waals surface area contributed by atoms with Gasteiger partial charge in [0, 0.05) is 18.5 Å². The van der Waals surface area contributed by atoms with Crippen molar-refractivity contribution >= 4 is 34.6 Å². The van der Waals surface area contributed by atoms with Gasteiger partial charge in [-0.1, -0.05) is 63.2 Å². The van der Waals surface area contributed by atoms with E-state index in [1.807, 2.05) is 56.3 Å². The van der Waals surface area contributed by atoms with Crippen molar-refractivity contribution in [1.82, 2.24) is 20.2 Å². The van der Waals surface area contributed by atoms with Gasteiger partial charge in [0.15, 0.2) is 6.10 Å². The predicted octanol–water partition coefficient (Wildman–Crippen LogP) is 3.40. The average molecular weight is 595 g/mol. The molecule has 0 fully saturated rings. The third kappa shape index (κ3) is 9.12. The second kappa shape index (κ2) is 15.3. The predicted molar refractivity (Wildman–Crippen MR) is 161 cm³/mol. The fourth-order valence-corrected chi connectivity index (χ4v) is 4.89. The standard InChI is InChI=1S/C32H42N4O7/c1-19(2)14-26(28(37)31(40)43-20(3)4)34-30(39)27(16-24-17-33-18-36(24)32(41)42-6)35-29(38)21(5)15-23-12-9-11-22-10-7-8-13-25(22)23/h7-13,17-21,26-28,37H,14-16H2,1-6H3,(H,34,39)(H,35,38)/t21?,26-,27-,28?/m0/s1. The molecule has 0 aliphatic carbocycles. The molecular formula is C32H42N4O7. The summed E-state index contributed by atoms with van der Waals surface area (Å²) < 4.78 is 11.1. The van der Waals surface area contributed by atoms with Crippen LogP contribution in [0.3, 0.4) is 0 Å². The lowest BCUT2D eigenvalue weighted by Gasteiger charge is -2.28. The van der Waals surface area contributed by atoms with E-state index in [0.29, 0.717) is 12.1 Å². The van der Waals surface area contributed by atoms with E-state index < -0.39 is 48.2 Å². The summed E-state index contributed by atoms with van der Waals surface area (Å²) in [5, 5.41) is 18.5. The fourth-order valence-electron chi connectivity index (χ4n) is 4.89. The molecule has 0 radical (unpaired) electrons. The van der Waals surface area contributed by atoms with Crippen LogP contribution < -0.4 is 10.6 Å². The van der Waals surface area contributed by atoms with Crippen molar-refractivity contribution in [3.63, 3.8) is 0 Å². The van der Waals surface area contributed by atoms with Crippen molar-refractivity contribution < 1.29 is 33.8 Å². The molecule has 43 heavy (non-hydrogen) atoms. The number of fused-ring (bicyclic) bond motifs is 1. The van der Waals surface area contributed by atoms with Gasteiger partial charge in [-0.3, -0.25) is 9.59 Å². The highest BCUT2D eigenvalue weighted by Crippen LogP contribution is 2.22.